The van der Waals surface area contributed by atoms with Crippen LogP contribution in [0.4, 0.5) is 0 Å². The smallest absolute Gasteiger partial charge is 0.341 e. The summed E-state index contributed by atoms with van der Waals surface area (Å²) in [7, 11) is 1.33. The van der Waals surface area contributed by atoms with Crippen molar-refractivity contribution in [1.29, 1.82) is 0 Å². The Hall–Kier alpha value is -3.02. The number of carboxylic acids is 1. The highest BCUT2D eigenvalue weighted by Gasteiger charge is 2.40. The number of halogens is 1. The molecule has 0 amide bonds. The van der Waals surface area contributed by atoms with Gasteiger partial charge in [-0.3, -0.25) is 0 Å². The first kappa shape index (κ1) is 22.7. The Morgan fingerprint density at radius 3 is 1.84 bits per heavy atom. The molecule has 0 aliphatic rings. The summed E-state index contributed by atoms with van der Waals surface area (Å²) >= 11 is 5.85. The highest BCUT2D eigenvalue weighted by atomic mass is 35.5. The maximum absolute atomic E-state index is 11.6. The van der Waals surface area contributed by atoms with Crippen LogP contribution in [0.15, 0.2) is 78.9 Å². The molecule has 5 nitrogen and oxygen atoms in total. The molecule has 0 aromatic heterocycles. The van der Waals surface area contributed by atoms with Crippen LogP contribution in [0.2, 0.25) is 0 Å². The third-order valence-corrected chi connectivity index (χ3v) is 5.37. The number of methoxy groups -OCH3 is 1. The van der Waals surface area contributed by atoms with Crippen molar-refractivity contribution in [3.8, 4) is 22.6 Å². The van der Waals surface area contributed by atoms with Crippen molar-refractivity contribution in [2.75, 3.05) is 26.2 Å². The molecule has 0 aliphatic carbocycles. The van der Waals surface area contributed by atoms with Crippen LogP contribution in [0.5, 0.6) is 11.5 Å². The molecule has 0 fully saturated rings. The maximum Gasteiger partial charge on any atom is 0.341 e. The van der Waals surface area contributed by atoms with Gasteiger partial charge >= 0.3 is 5.97 Å². The SMILES string of the molecule is COC(CCl)(C(=O)O)c1ccc(OCCCOc2ccc(-c3ccccc3)cc2)cc1. The van der Waals surface area contributed by atoms with Crippen LogP contribution >= 0.6 is 11.6 Å². The van der Waals surface area contributed by atoms with Crippen molar-refractivity contribution in [1.82, 2.24) is 0 Å². The topological polar surface area (TPSA) is 65.0 Å². The fraction of sp³-hybridized carbons (Fsp3) is 0.240. The molecule has 0 bridgehead atoms. The zero-order valence-electron chi connectivity index (χ0n) is 17.3. The number of rotatable bonds is 11. The van der Waals surface area contributed by atoms with Crippen LogP contribution < -0.4 is 9.47 Å². The molecule has 162 valence electrons. The third kappa shape index (κ3) is 5.57. The number of carboxylic acid groups (broad SMARTS) is 1. The van der Waals surface area contributed by atoms with E-state index in [9.17, 15) is 9.90 Å². The van der Waals surface area contributed by atoms with E-state index in [2.05, 4.69) is 12.1 Å². The molecule has 0 saturated carbocycles. The van der Waals surface area contributed by atoms with Crippen molar-refractivity contribution in [2.45, 2.75) is 12.0 Å². The van der Waals surface area contributed by atoms with E-state index >= 15 is 0 Å². The molecule has 3 aromatic carbocycles. The maximum atomic E-state index is 11.6. The first-order chi connectivity index (χ1) is 15.1. The minimum absolute atomic E-state index is 0.192. The number of hydrogen-bond acceptors (Lipinski definition) is 4. The first-order valence-electron chi connectivity index (χ1n) is 9.95. The Morgan fingerprint density at radius 1 is 0.839 bits per heavy atom. The highest BCUT2D eigenvalue weighted by Crippen LogP contribution is 2.29. The van der Waals surface area contributed by atoms with Crippen molar-refractivity contribution in [3.05, 3.63) is 84.4 Å². The number of ether oxygens (including phenoxy) is 3. The van der Waals surface area contributed by atoms with E-state index in [0.29, 0.717) is 30.9 Å². The lowest BCUT2D eigenvalue weighted by molar-refractivity contribution is -0.160. The van der Waals surface area contributed by atoms with E-state index in [4.69, 9.17) is 25.8 Å². The van der Waals surface area contributed by atoms with Gasteiger partial charge in [-0.25, -0.2) is 4.79 Å². The number of hydrogen-bond donors (Lipinski definition) is 1. The van der Waals surface area contributed by atoms with Crippen LogP contribution in [0, 0.1) is 0 Å². The Morgan fingerprint density at radius 2 is 1.35 bits per heavy atom. The number of alkyl halides is 1. The molecule has 1 N–H and O–H groups in total. The van der Waals surface area contributed by atoms with E-state index in [-0.39, 0.29) is 5.88 Å². The average molecular weight is 441 g/mol. The lowest BCUT2D eigenvalue weighted by Gasteiger charge is -2.26. The van der Waals surface area contributed by atoms with Gasteiger partial charge in [0, 0.05) is 13.5 Å². The molecule has 31 heavy (non-hydrogen) atoms. The third-order valence-electron chi connectivity index (χ3n) is 4.99. The average Bonchev–Trinajstić information content (AvgIpc) is 2.82. The monoisotopic (exact) mass is 440 g/mol. The summed E-state index contributed by atoms with van der Waals surface area (Å²) in [6, 6.07) is 24.9. The van der Waals surface area contributed by atoms with Gasteiger partial charge in [0.1, 0.15) is 11.5 Å². The molecule has 0 spiro atoms. The summed E-state index contributed by atoms with van der Waals surface area (Å²) in [6.07, 6.45) is 0.709. The van der Waals surface area contributed by atoms with Crippen LogP contribution in [-0.2, 0) is 15.1 Å². The lowest BCUT2D eigenvalue weighted by atomic mass is 9.95. The molecular weight excluding hydrogens is 416 g/mol. The fourth-order valence-electron chi connectivity index (χ4n) is 3.15. The van der Waals surface area contributed by atoms with Gasteiger partial charge in [-0.1, -0.05) is 54.6 Å². The summed E-state index contributed by atoms with van der Waals surface area (Å²) in [5, 5.41) is 9.46. The zero-order valence-corrected chi connectivity index (χ0v) is 18.0. The molecule has 3 aromatic rings. The summed E-state index contributed by atoms with van der Waals surface area (Å²) in [4.78, 5) is 11.6. The normalized spacial score (nSPS) is 12.7. The van der Waals surface area contributed by atoms with Crippen molar-refractivity contribution < 1.29 is 24.1 Å². The van der Waals surface area contributed by atoms with Gasteiger partial charge < -0.3 is 19.3 Å². The molecule has 1 atom stereocenters. The van der Waals surface area contributed by atoms with Gasteiger partial charge in [0.25, 0.3) is 0 Å². The Labute approximate surface area is 187 Å². The van der Waals surface area contributed by atoms with E-state index in [1.807, 2.05) is 42.5 Å². The first-order valence-corrected chi connectivity index (χ1v) is 10.5. The predicted molar refractivity (Wildman–Crippen MR) is 121 cm³/mol. The fourth-order valence-corrected chi connectivity index (χ4v) is 3.53. The second-order valence-corrected chi connectivity index (χ2v) is 7.20. The molecule has 3 rings (SSSR count). The summed E-state index contributed by atoms with van der Waals surface area (Å²) < 4.78 is 16.7. The van der Waals surface area contributed by atoms with E-state index in [0.717, 1.165) is 11.3 Å². The quantitative estimate of drug-likeness (QED) is 0.321. The number of aliphatic carboxylic acids is 1. The number of benzene rings is 3. The second-order valence-electron chi connectivity index (χ2n) is 6.94. The van der Waals surface area contributed by atoms with Gasteiger partial charge in [-0.15, -0.1) is 11.6 Å². The summed E-state index contributed by atoms with van der Waals surface area (Å²) in [5.74, 6) is 0.131. The minimum Gasteiger partial charge on any atom is -0.493 e. The van der Waals surface area contributed by atoms with Crippen LogP contribution in [-0.4, -0.2) is 37.3 Å². The molecule has 1 unspecified atom stereocenters. The van der Waals surface area contributed by atoms with E-state index < -0.39 is 11.6 Å². The summed E-state index contributed by atoms with van der Waals surface area (Å²) in [6.45, 7) is 1.01. The lowest BCUT2D eigenvalue weighted by Crippen LogP contribution is -2.39. The van der Waals surface area contributed by atoms with Crippen molar-refractivity contribution >= 4 is 17.6 Å². The van der Waals surface area contributed by atoms with E-state index in [1.165, 1.54) is 12.7 Å². The predicted octanol–water partition coefficient (Wildman–Crippen LogP) is 5.37. The van der Waals surface area contributed by atoms with Crippen molar-refractivity contribution in [2.24, 2.45) is 0 Å². The van der Waals surface area contributed by atoms with Crippen LogP contribution in [0.3, 0.4) is 0 Å². The minimum atomic E-state index is -1.57. The molecule has 6 heteroatoms. The van der Waals surface area contributed by atoms with Crippen molar-refractivity contribution in [3.63, 3.8) is 0 Å². The molecule has 0 saturated heterocycles. The van der Waals surface area contributed by atoms with Gasteiger partial charge in [0.15, 0.2) is 0 Å². The second kappa shape index (κ2) is 10.8. The Bertz CT molecular complexity index is 951. The van der Waals surface area contributed by atoms with E-state index in [1.54, 1.807) is 24.3 Å². The molecule has 0 radical (unpaired) electrons. The van der Waals surface area contributed by atoms with Crippen LogP contribution in [0.25, 0.3) is 11.1 Å². The zero-order chi connectivity index (χ0) is 22.1. The molecular formula is C25H25ClO5. The highest BCUT2D eigenvalue weighted by molar-refractivity contribution is 6.20. The number of carbonyl (C=O) groups is 1. The van der Waals surface area contributed by atoms with Gasteiger partial charge in [0.2, 0.25) is 5.60 Å². The Kier molecular flexibility index (Phi) is 7.93. The Balaban J connectivity index is 1.44. The van der Waals surface area contributed by atoms with Crippen LogP contribution in [0.1, 0.15) is 12.0 Å². The van der Waals surface area contributed by atoms with Gasteiger partial charge in [0.05, 0.1) is 19.1 Å². The molecule has 0 aliphatic heterocycles. The standard InChI is InChI=1S/C25H25ClO5/c1-29-25(18-26,24(27)28)21-10-14-23(15-11-21)31-17-5-16-30-22-12-8-20(9-13-22)19-6-3-2-4-7-19/h2-4,6-15H,5,16-18H2,1H3,(H,27,28). The molecule has 0 heterocycles. The largest absolute Gasteiger partial charge is 0.493 e. The van der Waals surface area contributed by atoms with Gasteiger partial charge in [-0.2, -0.15) is 0 Å². The van der Waals surface area contributed by atoms with Gasteiger partial charge in [-0.05, 0) is 41.0 Å². The summed E-state index contributed by atoms with van der Waals surface area (Å²) in [5.41, 5.74) is 1.22.